The summed E-state index contributed by atoms with van der Waals surface area (Å²) in [5.41, 5.74) is 3.79. The topological polar surface area (TPSA) is 33.7 Å². The van der Waals surface area contributed by atoms with E-state index in [0.29, 0.717) is 6.04 Å². The smallest absolute Gasteiger partial charge is 0.168 e. The Labute approximate surface area is 127 Å². The van der Waals surface area contributed by atoms with Gasteiger partial charge in [0.05, 0.1) is 13.2 Å². The zero-order chi connectivity index (χ0) is 14.9. The first-order chi connectivity index (χ1) is 10.1. The summed E-state index contributed by atoms with van der Waals surface area (Å²) in [6.07, 6.45) is 4.21. The summed E-state index contributed by atoms with van der Waals surface area (Å²) >= 11 is 0. The van der Waals surface area contributed by atoms with Crippen molar-refractivity contribution < 1.29 is 9.47 Å². The lowest BCUT2D eigenvalue weighted by molar-refractivity contribution is -0.177. The molecule has 4 nitrogen and oxygen atoms in total. The zero-order valence-corrected chi connectivity index (χ0v) is 13.3. The van der Waals surface area contributed by atoms with Crippen LogP contribution in [0.25, 0.3) is 0 Å². The summed E-state index contributed by atoms with van der Waals surface area (Å²) in [5.74, 6) is -0.262. The van der Waals surface area contributed by atoms with Crippen LogP contribution in [0.3, 0.4) is 0 Å². The van der Waals surface area contributed by atoms with Gasteiger partial charge < -0.3 is 19.7 Å². The fourth-order valence-corrected chi connectivity index (χ4v) is 3.30. The molecule has 1 aliphatic carbocycles. The largest absolute Gasteiger partial charge is 0.382 e. The fraction of sp³-hybridized carbons (Fsp3) is 0.647. The van der Waals surface area contributed by atoms with E-state index in [1.807, 2.05) is 0 Å². The molecule has 1 saturated heterocycles. The highest BCUT2D eigenvalue weighted by atomic mass is 16.7. The van der Waals surface area contributed by atoms with Gasteiger partial charge in [0, 0.05) is 44.4 Å². The highest BCUT2D eigenvalue weighted by Gasteiger charge is 2.40. The second-order valence-electron chi connectivity index (χ2n) is 6.42. The molecule has 2 aliphatic rings. The minimum Gasteiger partial charge on any atom is -0.382 e. The van der Waals surface area contributed by atoms with Crippen LogP contribution >= 0.6 is 0 Å². The van der Waals surface area contributed by atoms with E-state index in [0.717, 1.165) is 38.9 Å². The lowest BCUT2D eigenvalue weighted by Gasteiger charge is -2.36. The number of aryl methyl sites for hydroxylation is 1. The number of benzene rings is 1. The van der Waals surface area contributed by atoms with Gasteiger partial charge in [-0.1, -0.05) is 0 Å². The molecule has 1 saturated carbocycles. The Balaban J connectivity index is 1.60. The van der Waals surface area contributed by atoms with Crippen LogP contribution in [0.15, 0.2) is 18.2 Å². The van der Waals surface area contributed by atoms with Crippen LogP contribution in [0.2, 0.25) is 0 Å². The summed E-state index contributed by atoms with van der Waals surface area (Å²) in [5, 5.41) is 3.69. The normalized spacial score (nSPS) is 21.7. The highest BCUT2D eigenvalue weighted by molar-refractivity contribution is 5.60. The monoisotopic (exact) mass is 290 g/mol. The Hall–Kier alpha value is -1.26. The molecule has 0 unspecified atom stereocenters. The Morgan fingerprint density at radius 1 is 1.14 bits per heavy atom. The minimum atomic E-state index is -0.262. The van der Waals surface area contributed by atoms with Crippen molar-refractivity contribution in [3.63, 3.8) is 0 Å². The molecule has 0 bridgehead atoms. The van der Waals surface area contributed by atoms with Gasteiger partial charge in [-0.2, -0.15) is 0 Å². The van der Waals surface area contributed by atoms with Crippen molar-refractivity contribution in [2.45, 2.75) is 44.4 Å². The summed E-state index contributed by atoms with van der Waals surface area (Å²) in [6, 6.07) is 7.11. The predicted molar refractivity (Wildman–Crippen MR) is 86.0 cm³/mol. The molecular weight excluding hydrogens is 264 g/mol. The van der Waals surface area contributed by atoms with Gasteiger partial charge in [-0.25, -0.2) is 0 Å². The van der Waals surface area contributed by atoms with Gasteiger partial charge in [-0.05, 0) is 43.5 Å². The third-order valence-electron chi connectivity index (χ3n) is 4.65. The number of anilines is 2. The number of ether oxygens (including phenoxy) is 2. The van der Waals surface area contributed by atoms with Crippen LogP contribution in [0.1, 0.15) is 31.2 Å². The molecule has 3 rings (SSSR count). The molecule has 21 heavy (non-hydrogen) atoms. The van der Waals surface area contributed by atoms with E-state index in [1.165, 1.54) is 16.9 Å². The van der Waals surface area contributed by atoms with E-state index in [1.54, 1.807) is 0 Å². The zero-order valence-electron chi connectivity index (χ0n) is 13.3. The van der Waals surface area contributed by atoms with E-state index in [-0.39, 0.29) is 5.79 Å². The van der Waals surface area contributed by atoms with E-state index < -0.39 is 0 Å². The molecule has 0 aromatic heterocycles. The van der Waals surface area contributed by atoms with Gasteiger partial charge in [0.2, 0.25) is 0 Å². The van der Waals surface area contributed by atoms with Crippen molar-refractivity contribution in [2.24, 2.45) is 0 Å². The molecule has 1 heterocycles. The van der Waals surface area contributed by atoms with Gasteiger partial charge in [-0.3, -0.25) is 0 Å². The molecule has 0 atom stereocenters. The average molecular weight is 290 g/mol. The molecule has 2 fully saturated rings. The summed E-state index contributed by atoms with van der Waals surface area (Å²) < 4.78 is 11.6. The molecule has 1 aromatic carbocycles. The highest BCUT2D eigenvalue weighted by Crippen LogP contribution is 2.37. The van der Waals surface area contributed by atoms with Crippen LogP contribution in [0.4, 0.5) is 11.4 Å². The standard InChI is InChI=1S/C17H26N2O2/c1-13-12-15(19(2)3)4-5-16(13)18-14-6-8-17(9-7-14)20-10-11-21-17/h4-5,12,14,18H,6-11H2,1-3H3. The van der Waals surface area contributed by atoms with E-state index in [4.69, 9.17) is 9.47 Å². The third kappa shape index (κ3) is 3.16. The van der Waals surface area contributed by atoms with E-state index in [9.17, 15) is 0 Å². The van der Waals surface area contributed by atoms with E-state index >= 15 is 0 Å². The first-order valence-corrected chi connectivity index (χ1v) is 7.90. The average Bonchev–Trinajstić information content (AvgIpc) is 2.92. The predicted octanol–water partition coefficient (Wildman–Crippen LogP) is 3.16. The van der Waals surface area contributed by atoms with E-state index in [2.05, 4.69) is 49.4 Å². The summed E-state index contributed by atoms with van der Waals surface area (Å²) in [7, 11) is 4.15. The van der Waals surface area contributed by atoms with Gasteiger partial charge in [-0.15, -0.1) is 0 Å². The molecule has 1 aromatic rings. The summed E-state index contributed by atoms with van der Waals surface area (Å²) in [4.78, 5) is 2.13. The van der Waals surface area contributed by atoms with Crippen LogP contribution in [0.5, 0.6) is 0 Å². The molecule has 116 valence electrons. The Kier molecular flexibility index (Phi) is 4.09. The van der Waals surface area contributed by atoms with Gasteiger partial charge in [0.15, 0.2) is 5.79 Å². The first kappa shape index (κ1) is 14.7. The van der Waals surface area contributed by atoms with Crippen molar-refractivity contribution in [3.05, 3.63) is 23.8 Å². The Bertz CT molecular complexity index is 486. The van der Waals surface area contributed by atoms with Crippen molar-refractivity contribution in [1.29, 1.82) is 0 Å². The SMILES string of the molecule is Cc1cc(N(C)C)ccc1NC1CCC2(CC1)OCCO2. The van der Waals surface area contributed by atoms with Crippen LogP contribution < -0.4 is 10.2 Å². The lowest BCUT2D eigenvalue weighted by atomic mass is 9.89. The minimum absolute atomic E-state index is 0.262. The second-order valence-corrected chi connectivity index (χ2v) is 6.42. The first-order valence-electron chi connectivity index (χ1n) is 7.90. The number of hydrogen-bond acceptors (Lipinski definition) is 4. The molecular formula is C17H26N2O2. The fourth-order valence-electron chi connectivity index (χ4n) is 3.30. The van der Waals surface area contributed by atoms with Crippen LogP contribution in [-0.4, -0.2) is 39.1 Å². The number of hydrogen-bond donors (Lipinski definition) is 1. The molecule has 0 amide bonds. The number of nitrogens with zero attached hydrogens (tertiary/aromatic N) is 1. The lowest BCUT2D eigenvalue weighted by Crippen LogP contribution is -2.39. The Morgan fingerprint density at radius 3 is 2.38 bits per heavy atom. The summed E-state index contributed by atoms with van der Waals surface area (Å²) in [6.45, 7) is 3.68. The van der Waals surface area contributed by atoms with Crippen molar-refractivity contribution in [3.8, 4) is 0 Å². The number of rotatable bonds is 3. The molecule has 1 N–H and O–H groups in total. The van der Waals surface area contributed by atoms with Crippen LogP contribution in [-0.2, 0) is 9.47 Å². The number of nitrogens with one attached hydrogen (secondary N) is 1. The second kappa shape index (κ2) is 5.85. The maximum Gasteiger partial charge on any atom is 0.168 e. The molecule has 1 spiro atoms. The van der Waals surface area contributed by atoms with Crippen molar-refractivity contribution in [2.75, 3.05) is 37.5 Å². The van der Waals surface area contributed by atoms with Gasteiger partial charge in [0.1, 0.15) is 0 Å². The molecule has 1 aliphatic heterocycles. The van der Waals surface area contributed by atoms with Gasteiger partial charge in [0.25, 0.3) is 0 Å². The van der Waals surface area contributed by atoms with Crippen molar-refractivity contribution in [1.82, 2.24) is 0 Å². The molecule has 0 radical (unpaired) electrons. The Morgan fingerprint density at radius 2 is 1.81 bits per heavy atom. The molecule has 4 heteroatoms. The van der Waals surface area contributed by atoms with Crippen LogP contribution in [0, 0.1) is 6.92 Å². The van der Waals surface area contributed by atoms with Gasteiger partial charge >= 0.3 is 0 Å². The maximum absolute atomic E-state index is 5.79. The van der Waals surface area contributed by atoms with Crippen molar-refractivity contribution >= 4 is 11.4 Å². The maximum atomic E-state index is 5.79. The third-order valence-corrected chi connectivity index (χ3v) is 4.65. The quantitative estimate of drug-likeness (QED) is 0.927.